The number of hydrogen-bond acceptors (Lipinski definition) is 4. The highest BCUT2D eigenvalue weighted by molar-refractivity contribution is 7.99. The van der Waals surface area contributed by atoms with Gasteiger partial charge in [-0.2, -0.15) is 0 Å². The van der Waals surface area contributed by atoms with Gasteiger partial charge in [-0.05, 0) is 31.2 Å². The summed E-state index contributed by atoms with van der Waals surface area (Å²) in [6.07, 6.45) is 0. The van der Waals surface area contributed by atoms with Crippen molar-refractivity contribution in [3.05, 3.63) is 48.0 Å². The number of benzene rings is 2. The largest absolute Gasteiger partial charge is 0.397 e. The van der Waals surface area contributed by atoms with Gasteiger partial charge in [0.05, 0.1) is 5.69 Å². The Balaban J connectivity index is 2.41. The first-order valence-corrected chi connectivity index (χ1v) is 8.63. The van der Waals surface area contributed by atoms with Crippen molar-refractivity contribution in [1.29, 1.82) is 0 Å². The fourth-order valence-electron chi connectivity index (χ4n) is 1.77. The van der Waals surface area contributed by atoms with Gasteiger partial charge in [0.25, 0.3) is 0 Å². The second kappa shape index (κ2) is 6.09. The molecule has 4 nitrogen and oxygen atoms in total. The highest BCUT2D eigenvalue weighted by atomic mass is 32.2. The van der Waals surface area contributed by atoms with Gasteiger partial charge in [0.2, 0.25) is 10.0 Å². The number of nitrogens with zero attached hydrogens (tertiary/aromatic N) is 1. The molecule has 0 bridgehead atoms. The lowest BCUT2D eigenvalue weighted by Gasteiger charge is -2.15. The maximum Gasteiger partial charge on any atom is 0.244 e. The molecule has 0 saturated heterocycles. The zero-order valence-electron chi connectivity index (χ0n) is 12.2. The van der Waals surface area contributed by atoms with Crippen LogP contribution in [-0.2, 0) is 10.0 Å². The summed E-state index contributed by atoms with van der Waals surface area (Å²) < 4.78 is 25.6. The molecule has 0 aliphatic heterocycles. The van der Waals surface area contributed by atoms with Crippen LogP contribution in [-0.4, -0.2) is 26.8 Å². The smallest absolute Gasteiger partial charge is 0.244 e. The summed E-state index contributed by atoms with van der Waals surface area (Å²) in [7, 11) is -0.545. The SMILES string of the molecule is Cc1ccc(Sc2cccc(S(=O)(=O)N(C)C)c2N)cc1. The van der Waals surface area contributed by atoms with Gasteiger partial charge in [-0.25, -0.2) is 12.7 Å². The molecule has 0 heterocycles. The quantitative estimate of drug-likeness (QED) is 0.879. The molecule has 0 fully saturated rings. The van der Waals surface area contributed by atoms with E-state index in [0.717, 1.165) is 9.79 Å². The number of hydrogen-bond donors (Lipinski definition) is 1. The van der Waals surface area contributed by atoms with Crippen molar-refractivity contribution in [1.82, 2.24) is 4.31 Å². The van der Waals surface area contributed by atoms with E-state index in [9.17, 15) is 8.42 Å². The van der Waals surface area contributed by atoms with Crippen LogP contribution in [0.2, 0.25) is 0 Å². The molecule has 0 spiro atoms. The summed E-state index contributed by atoms with van der Waals surface area (Å²) in [6, 6.07) is 13.1. The molecule has 0 radical (unpaired) electrons. The van der Waals surface area contributed by atoms with Crippen LogP contribution in [0.25, 0.3) is 0 Å². The lowest BCUT2D eigenvalue weighted by molar-refractivity contribution is 0.521. The van der Waals surface area contributed by atoms with Gasteiger partial charge in [-0.15, -0.1) is 0 Å². The summed E-state index contributed by atoms with van der Waals surface area (Å²) in [5, 5.41) is 0. The molecule has 21 heavy (non-hydrogen) atoms. The molecular weight excluding hydrogens is 304 g/mol. The lowest BCUT2D eigenvalue weighted by atomic mass is 10.2. The van der Waals surface area contributed by atoms with E-state index in [2.05, 4.69) is 0 Å². The Hall–Kier alpha value is -1.50. The van der Waals surface area contributed by atoms with Crippen molar-refractivity contribution in [3.63, 3.8) is 0 Å². The molecule has 2 rings (SSSR count). The van der Waals surface area contributed by atoms with Crippen LogP contribution in [0.1, 0.15) is 5.56 Å². The molecule has 112 valence electrons. The Kier molecular flexibility index (Phi) is 4.61. The summed E-state index contributed by atoms with van der Waals surface area (Å²) in [4.78, 5) is 1.90. The fraction of sp³-hybridized carbons (Fsp3) is 0.200. The second-order valence-electron chi connectivity index (χ2n) is 4.87. The van der Waals surface area contributed by atoms with E-state index >= 15 is 0 Å². The first-order chi connectivity index (χ1) is 9.82. The minimum absolute atomic E-state index is 0.143. The van der Waals surface area contributed by atoms with Gasteiger partial charge in [-0.1, -0.05) is 35.5 Å². The van der Waals surface area contributed by atoms with Gasteiger partial charge < -0.3 is 5.73 Å². The molecule has 6 heteroatoms. The van der Waals surface area contributed by atoms with Gasteiger partial charge in [0.1, 0.15) is 4.90 Å². The molecule has 2 aromatic carbocycles. The Morgan fingerprint density at radius 2 is 1.67 bits per heavy atom. The standard InChI is InChI=1S/C15H18N2O2S2/c1-11-7-9-12(10-8-11)20-13-5-4-6-14(15(13)16)21(18,19)17(2)3/h4-10H,16H2,1-3H3. The number of sulfonamides is 1. The zero-order valence-corrected chi connectivity index (χ0v) is 13.8. The highest BCUT2D eigenvalue weighted by Crippen LogP contribution is 2.35. The van der Waals surface area contributed by atoms with Gasteiger partial charge in [0.15, 0.2) is 0 Å². The van der Waals surface area contributed by atoms with Crippen molar-refractivity contribution >= 4 is 27.5 Å². The van der Waals surface area contributed by atoms with E-state index in [-0.39, 0.29) is 10.6 Å². The number of para-hydroxylation sites is 1. The molecule has 2 aromatic rings. The number of anilines is 1. The third kappa shape index (κ3) is 3.40. The number of nitrogens with two attached hydrogens (primary N) is 1. The third-order valence-electron chi connectivity index (χ3n) is 3.03. The van der Waals surface area contributed by atoms with E-state index < -0.39 is 10.0 Å². The Morgan fingerprint density at radius 1 is 1.05 bits per heavy atom. The molecule has 0 unspecified atom stereocenters. The van der Waals surface area contributed by atoms with Crippen molar-refractivity contribution in [2.45, 2.75) is 21.6 Å². The van der Waals surface area contributed by atoms with Crippen LogP contribution in [0.4, 0.5) is 5.69 Å². The predicted octanol–water partition coefficient (Wildman–Crippen LogP) is 2.98. The molecule has 0 atom stereocenters. The monoisotopic (exact) mass is 322 g/mol. The first kappa shape index (κ1) is 15.9. The van der Waals surface area contributed by atoms with E-state index in [0.29, 0.717) is 0 Å². The summed E-state index contributed by atoms with van der Waals surface area (Å²) >= 11 is 1.46. The van der Waals surface area contributed by atoms with Gasteiger partial charge in [0, 0.05) is 23.9 Å². The molecule has 0 aliphatic rings. The van der Waals surface area contributed by atoms with Crippen LogP contribution in [0.5, 0.6) is 0 Å². The van der Waals surface area contributed by atoms with E-state index in [1.807, 2.05) is 37.3 Å². The highest BCUT2D eigenvalue weighted by Gasteiger charge is 2.21. The van der Waals surface area contributed by atoms with Crippen molar-refractivity contribution in [3.8, 4) is 0 Å². The second-order valence-corrected chi connectivity index (χ2v) is 8.11. The predicted molar refractivity (Wildman–Crippen MR) is 87.0 cm³/mol. The number of rotatable bonds is 4. The molecule has 0 aliphatic carbocycles. The Morgan fingerprint density at radius 3 is 2.24 bits per heavy atom. The fourth-order valence-corrected chi connectivity index (χ4v) is 3.76. The minimum Gasteiger partial charge on any atom is -0.397 e. The average Bonchev–Trinajstić information content (AvgIpc) is 2.43. The summed E-state index contributed by atoms with van der Waals surface area (Å²) in [5.41, 5.74) is 7.52. The maximum atomic E-state index is 12.2. The molecule has 2 N–H and O–H groups in total. The first-order valence-electron chi connectivity index (χ1n) is 6.38. The van der Waals surface area contributed by atoms with E-state index in [1.54, 1.807) is 6.07 Å². The van der Waals surface area contributed by atoms with Crippen LogP contribution >= 0.6 is 11.8 Å². The van der Waals surface area contributed by atoms with Gasteiger partial charge >= 0.3 is 0 Å². The van der Waals surface area contributed by atoms with Crippen molar-refractivity contribution < 1.29 is 8.42 Å². The van der Waals surface area contributed by atoms with Gasteiger partial charge in [-0.3, -0.25) is 0 Å². The maximum absolute atomic E-state index is 12.2. The topological polar surface area (TPSA) is 63.4 Å². The average molecular weight is 322 g/mol. The van der Waals surface area contributed by atoms with E-state index in [4.69, 9.17) is 5.73 Å². The zero-order chi connectivity index (χ0) is 15.6. The van der Waals surface area contributed by atoms with Crippen LogP contribution in [0.3, 0.4) is 0 Å². The normalized spacial score (nSPS) is 11.8. The van der Waals surface area contributed by atoms with Crippen LogP contribution < -0.4 is 5.73 Å². The molecule has 0 aromatic heterocycles. The Bertz CT molecular complexity index is 739. The lowest BCUT2D eigenvalue weighted by Crippen LogP contribution is -2.23. The number of aryl methyl sites for hydroxylation is 1. The van der Waals surface area contributed by atoms with Crippen LogP contribution in [0, 0.1) is 6.92 Å². The molecular formula is C15H18N2O2S2. The van der Waals surface area contributed by atoms with Crippen molar-refractivity contribution in [2.75, 3.05) is 19.8 Å². The number of nitrogen functional groups attached to an aromatic ring is 1. The molecule has 0 saturated carbocycles. The van der Waals surface area contributed by atoms with Crippen LogP contribution in [0.15, 0.2) is 57.2 Å². The van der Waals surface area contributed by atoms with Crippen molar-refractivity contribution in [2.24, 2.45) is 0 Å². The molecule has 0 amide bonds. The third-order valence-corrected chi connectivity index (χ3v) is 5.99. The minimum atomic E-state index is -3.53. The Labute approximate surface area is 130 Å². The van der Waals surface area contributed by atoms with E-state index in [1.165, 1.54) is 41.8 Å². The summed E-state index contributed by atoms with van der Waals surface area (Å²) in [6.45, 7) is 2.02. The summed E-state index contributed by atoms with van der Waals surface area (Å²) in [5.74, 6) is 0.